The van der Waals surface area contributed by atoms with Gasteiger partial charge < -0.3 is 4.74 Å². The van der Waals surface area contributed by atoms with Gasteiger partial charge in [0, 0.05) is 5.56 Å². The molecule has 0 saturated heterocycles. The molecule has 0 bridgehead atoms. The molecule has 2 aromatic carbocycles. The third-order valence-electron chi connectivity index (χ3n) is 3.87. The van der Waals surface area contributed by atoms with Crippen molar-refractivity contribution in [1.82, 2.24) is 0 Å². The van der Waals surface area contributed by atoms with Gasteiger partial charge in [-0.15, -0.1) is 0 Å². The van der Waals surface area contributed by atoms with Gasteiger partial charge >= 0.3 is 0 Å². The minimum Gasteiger partial charge on any atom is -0.493 e. The number of benzene rings is 2. The van der Waals surface area contributed by atoms with Crippen molar-refractivity contribution in [2.45, 2.75) is 38.5 Å². The van der Waals surface area contributed by atoms with Crippen LogP contribution in [0, 0.1) is 17.1 Å². The van der Waals surface area contributed by atoms with Crippen molar-refractivity contribution in [1.29, 1.82) is 5.26 Å². The van der Waals surface area contributed by atoms with Crippen LogP contribution in [-0.2, 0) is 0 Å². The van der Waals surface area contributed by atoms with E-state index in [1.165, 1.54) is 11.6 Å². The molecule has 2 nitrogen and oxygen atoms in total. The second-order valence-corrected chi connectivity index (χ2v) is 5.89. The summed E-state index contributed by atoms with van der Waals surface area (Å²) in [6.45, 7) is 4.79. The molecule has 0 aromatic heterocycles. The fourth-order valence-corrected chi connectivity index (χ4v) is 2.61. The number of hydrogen-bond donors (Lipinski definition) is 0. The van der Waals surface area contributed by atoms with Crippen LogP contribution in [0.5, 0.6) is 5.75 Å². The highest BCUT2D eigenvalue weighted by atomic mass is 19.1. The molecular weight excluding hydrogens is 289 g/mol. The summed E-state index contributed by atoms with van der Waals surface area (Å²) in [5.41, 5.74) is 1.65. The molecule has 0 radical (unpaired) electrons. The molecule has 1 atom stereocenters. The van der Waals surface area contributed by atoms with Crippen LogP contribution >= 0.6 is 0 Å². The molecule has 0 aliphatic heterocycles. The predicted octanol–water partition coefficient (Wildman–Crippen LogP) is 5.42. The van der Waals surface area contributed by atoms with Gasteiger partial charge in [-0.1, -0.05) is 50.2 Å². The number of rotatable bonds is 7. The minimum atomic E-state index is -0.430. The van der Waals surface area contributed by atoms with Crippen LogP contribution < -0.4 is 4.74 Å². The van der Waals surface area contributed by atoms with E-state index in [2.05, 4.69) is 26.0 Å². The zero-order valence-corrected chi connectivity index (χ0v) is 13.6. The Labute approximate surface area is 137 Å². The molecule has 2 aromatic rings. The lowest BCUT2D eigenvalue weighted by molar-refractivity contribution is 0.300. The fraction of sp³-hybridized carbons (Fsp3) is 0.350. The summed E-state index contributed by atoms with van der Waals surface area (Å²) in [4.78, 5) is 0. The molecule has 0 fully saturated rings. The van der Waals surface area contributed by atoms with E-state index in [4.69, 9.17) is 4.74 Å². The highest BCUT2D eigenvalue weighted by Crippen LogP contribution is 2.27. The molecule has 0 N–H and O–H groups in total. The topological polar surface area (TPSA) is 33.0 Å². The highest BCUT2D eigenvalue weighted by molar-refractivity contribution is 5.35. The molecule has 3 heteroatoms. The SMILES string of the molecule is CC(C)c1ccccc1OCCCC(C#N)c1ccccc1F. The number of hydrogen-bond acceptors (Lipinski definition) is 2. The first-order chi connectivity index (χ1) is 11.1. The fourth-order valence-electron chi connectivity index (χ4n) is 2.61. The number of halogens is 1. The van der Waals surface area contributed by atoms with E-state index < -0.39 is 5.92 Å². The normalized spacial score (nSPS) is 12.0. The van der Waals surface area contributed by atoms with Gasteiger partial charge in [0.2, 0.25) is 0 Å². The third kappa shape index (κ3) is 4.56. The number of nitrogens with zero attached hydrogens (tertiary/aromatic N) is 1. The van der Waals surface area contributed by atoms with E-state index in [0.29, 0.717) is 30.9 Å². The Morgan fingerprint density at radius 1 is 1.04 bits per heavy atom. The standard InChI is InChI=1S/C20H22FNO/c1-15(2)17-9-4-6-12-20(17)23-13-7-8-16(14-22)18-10-3-5-11-19(18)21/h3-6,9-12,15-16H,7-8,13H2,1-2H3. The third-order valence-corrected chi connectivity index (χ3v) is 3.87. The molecule has 1 unspecified atom stereocenters. The lowest BCUT2D eigenvalue weighted by Gasteiger charge is -2.15. The molecule has 0 heterocycles. The Hall–Kier alpha value is -2.34. The quantitative estimate of drug-likeness (QED) is 0.640. The zero-order valence-electron chi connectivity index (χ0n) is 13.6. The van der Waals surface area contributed by atoms with Gasteiger partial charge in [0.1, 0.15) is 11.6 Å². The molecule has 120 valence electrons. The number of para-hydroxylation sites is 1. The van der Waals surface area contributed by atoms with E-state index in [1.807, 2.05) is 18.2 Å². The van der Waals surface area contributed by atoms with E-state index in [-0.39, 0.29) is 5.82 Å². The summed E-state index contributed by atoms with van der Waals surface area (Å²) in [5.74, 6) is 0.545. The lowest BCUT2D eigenvalue weighted by atomic mass is 9.95. The summed E-state index contributed by atoms with van der Waals surface area (Å²) in [5, 5.41) is 9.28. The van der Waals surface area contributed by atoms with Gasteiger partial charge in [0.15, 0.2) is 0 Å². The molecule has 0 aliphatic rings. The first-order valence-corrected chi connectivity index (χ1v) is 7.99. The van der Waals surface area contributed by atoms with Gasteiger partial charge in [-0.05, 0) is 36.5 Å². The Morgan fingerprint density at radius 2 is 1.70 bits per heavy atom. The van der Waals surface area contributed by atoms with Crippen LogP contribution in [0.15, 0.2) is 48.5 Å². The summed E-state index contributed by atoms with van der Waals surface area (Å²) < 4.78 is 19.6. The average molecular weight is 311 g/mol. The predicted molar refractivity (Wildman–Crippen MR) is 90.0 cm³/mol. The Bertz CT molecular complexity index is 675. The van der Waals surface area contributed by atoms with Gasteiger partial charge in [-0.2, -0.15) is 5.26 Å². The molecule has 0 saturated carbocycles. The van der Waals surface area contributed by atoms with Gasteiger partial charge in [-0.25, -0.2) is 4.39 Å². The van der Waals surface area contributed by atoms with Crippen molar-refractivity contribution < 1.29 is 9.13 Å². The van der Waals surface area contributed by atoms with Crippen LogP contribution in [0.1, 0.15) is 49.7 Å². The van der Waals surface area contributed by atoms with Crippen LogP contribution in [0.2, 0.25) is 0 Å². The maximum atomic E-state index is 13.8. The van der Waals surface area contributed by atoms with Crippen LogP contribution in [-0.4, -0.2) is 6.61 Å². The maximum Gasteiger partial charge on any atom is 0.127 e. The Balaban J connectivity index is 1.90. The second-order valence-electron chi connectivity index (χ2n) is 5.89. The lowest BCUT2D eigenvalue weighted by Crippen LogP contribution is -2.05. The van der Waals surface area contributed by atoms with E-state index in [9.17, 15) is 9.65 Å². The van der Waals surface area contributed by atoms with Gasteiger partial charge in [0.05, 0.1) is 18.6 Å². The molecule has 23 heavy (non-hydrogen) atoms. The smallest absolute Gasteiger partial charge is 0.127 e. The van der Waals surface area contributed by atoms with Crippen molar-refractivity contribution in [3.63, 3.8) is 0 Å². The van der Waals surface area contributed by atoms with E-state index in [0.717, 1.165) is 5.75 Å². The van der Waals surface area contributed by atoms with Gasteiger partial charge in [-0.3, -0.25) is 0 Å². The number of ether oxygens (including phenoxy) is 1. The Morgan fingerprint density at radius 3 is 2.35 bits per heavy atom. The van der Waals surface area contributed by atoms with Gasteiger partial charge in [0.25, 0.3) is 0 Å². The highest BCUT2D eigenvalue weighted by Gasteiger charge is 2.14. The van der Waals surface area contributed by atoms with Crippen molar-refractivity contribution in [2.24, 2.45) is 0 Å². The maximum absolute atomic E-state index is 13.8. The van der Waals surface area contributed by atoms with Crippen molar-refractivity contribution in [3.05, 3.63) is 65.5 Å². The second kappa shape index (κ2) is 8.33. The van der Waals surface area contributed by atoms with Crippen LogP contribution in [0.25, 0.3) is 0 Å². The summed E-state index contributed by atoms with van der Waals surface area (Å²) in [7, 11) is 0. The molecule has 0 aliphatic carbocycles. The average Bonchev–Trinajstić information content (AvgIpc) is 2.56. The van der Waals surface area contributed by atoms with E-state index >= 15 is 0 Å². The molecule has 2 rings (SSSR count). The van der Waals surface area contributed by atoms with Crippen LogP contribution in [0.3, 0.4) is 0 Å². The van der Waals surface area contributed by atoms with Crippen molar-refractivity contribution in [2.75, 3.05) is 6.61 Å². The Kier molecular flexibility index (Phi) is 6.17. The largest absolute Gasteiger partial charge is 0.493 e. The first-order valence-electron chi connectivity index (χ1n) is 7.99. The summed E-state index contributed by atoms with van der Waals surface area (Å²) in [6.07, 6.45) is 1.29. The molecule has 0 amide bonds. The summed E-state index contributed by atoms with van der Waals surface area (Å²) >= 11 is 0. The molecular formula is C20H22FNO. The summed E-state index contributed by atoms with van der Waals surface area (Å²) in [6, 6.07) is 16.7. The monoisotopic (exact) mass is 311 g/mol. The molecule has 0 spiro atoms. The van der Waals surface area contributed by atoms with Crippen molar-refractivity contribution in [3.8, 4) is 11.8 Å². The zero-order chi connectivity index (χ0) is 16.7. The number of nitriles is 1. The van der Waals surface area contributed by atoms with Crippen LogP contribution in [0.4, 0.5) is 4.39 Å². The van der Waals surface area contributed by atoms with Crippen molar-refractivity contribution >= 4 is 0 Å². The minimum absolute atomic E-state index is 0.315. The first kappa shape index (κ1) is 17.0. The van der Waals surface area contributed by atoms with E-state index in [1.54, 1.807) is 18.2 Å².